The predicted molar refractivity (Wildman–Crippen MR) is 87.4 cm³/mol. The molecule has 1 amide bonds. The van der Waals surface area contributed by atoms with Crippen molar-refractivity contribution in [3.05, 3.63) is 17.6 Å². The van der Waals surface area contributed by atoms with E-state index in [1.54, 1.807) is 0 Å². The highest BCUT2D eigenvalue weighted by Gasteiger charge is 2.31. The Morgan fingerprint density at radius 3 is 2.77 bits per heavy atom. The van der Waals surface area contributed by atoms with Crippen LogP contribution < -0.4 is 4.90 Å². The Kier molecular flexibility index (Phi) is 4.83. The summed E-state index contributed by atoms with van der Waals surface area (Å²) in [5.41, 5.74) is 0.949. The molecular weight excluding hydrogens is 300 g/mol. The van der Waals surface area contributed by atoms with Gasteiger partial charge in [0.05, 0.1) is 13.2 Å². The highest BCUT2D eigenvalue weighted by molar-refractivity contribution is 7.99. The van der Waals surface area contributed by atoms with Gasteiger partial charge in [-0.15, -0.1) is 0 Å². The summed E-state index contributed by atoms with van der Waals surface area (Å²) in [7, 11) is 0. The minimum absolute atomic E-state index is 0.118. The van der Waals surface area contributed by atoms with E-state index in [0.29, 0.717) is 13.2 Å². The summed E-state index contributed by atoms with van der Waals surface area (Å²) in [4.78, 5) is 25.5. The summed E-state index contributed by atoms with van der Waals surface area (Å²) >= 11 is 1.90. The fourth-order valence-electron chi connectivity index (χ4n) is 2.85. The fraction of sp³-hybridized carbons (Fsp3) is 0.667. The van der Waals surface area contributed by atoms with Crippen LogP contribution in [0.2, 0.25) is 0 Å². The predicted octanol–water partition coefficient (Wildman–Crippen LogP) is 0.874. The Morgan fingerprint density at radius 1 is 1.27 bits per heavy atom. The number of amides is 1. The van der Waals surface area contributed by atoms with Gasteiger partial charge in [0.15, 0.2) is 6.10 Å². The number of rotatable bonds is 2. The average molecular weight is 322 g/mol. The average Bonchev–Trinajstić information content (AvgIpc) is 2.54. The van der Waals surface area contributed by atoms with E-state index in [4.69, 9.17) is 4.74 Å². The molecule has 2 fully saturated rings. The number of nitrogens with zero attached hydrogens (tertiary/aromatic N) is 4. The zero-order chi connectivity index (χ0) is 15.5. The van der Waals surface area contributed by atoms with Gasteiger partial charge < -0.3 is 14.5 Å². The maximum Gasteiger partial charge on any atom is 0.253 e. The van der Waals surface area contributed by atoms with E-state index in [1.165, 1.54) is 0 Å². The van der Waals surface area contributed by atoms with Crippen LogP contribution in [0.5, 0.6) is 0 Å². The van der Waals surface area contributed by atoms with Gasteiger partial charge in [-0.25, -0.2) is 9.97 Å². The molecule has 1 aromatic heterocycles. The molecule has 0 N–H and O–H groups in total. The zero-order valence-electron chi connectivity index (χ0n) is 13.1. The van der Waals surface area contributed by atoms with Crippen molar-refractivity contribution in [1.82, 2.24) is 14.9 Å². The van der Waals surface area contributed by atoms with Crippen LogP contribution >= 0.6 is 11.8 Å². The molecule has 1 atom stereocenters. The first kappa shape index (κ1) is 15.6. The maximum atomic E-state index is 12.6. The first-order valence-electron chi connectivity index (χ1n) is 7.69. The highest BCUT2D eigenvalue weighted by Crippen LogP contribution is 2.19. The number of carbonyl (C=O) groups excluding carboxylic acids is 1. The summed E-state index contributed by atoms with van der Waals surface area (Å²) in [6, 6.07) is 1.97. The van der Waals surface area contributed by atoms with Crippen LogP contribution in [0.1, 0.15) is 11.5 Å². The first-order valence-corrected chi connectivity index (χ1v) is 8.84. The van der Waals surface area contributed by atoms with Gasteiger partial charge in [0.1, 0.15) is 11.6 Å². The van der Waals surface area contributed by atoms with Crippen molar-refractivity contribution in [3.63, 3.8) is 0 Å². The number of aryl methyl sites for hydroxylation is 2. The molecule has 0 spiro atoms. The molecule has 3 heterocycles. The van der Waals surface area contributed by atoms with Crippen LogP contribution in [0.15, 0.2) is 6.07 Å². The number of hydrogen-bond donors (Lipinski definition) is 0. The Balaban J connectivity index is 1.69. The molecule has 0 aliphatic carbocycles. The van der Waals surface area contributed by atoms with Crippen LogP contribution in [-0.4, -0.2) is 71.2 Å². The van der Waals surface area contributed by atoms with E-state index >= 15 is 0 Å². The highest BCUT2D eigenvalue weighted by atomic mass is 32.2. The van der Waals surface area contributed by atoms with Gasteiger partial charge in [-0.1, -0.05) is 0 Å². The van der Waals surface area contributed by atoms with Crippen molar-refractivity contribution >= 4 is 23.5 Å². The normalized spacial score (nSPS) is 22.7. The molecule has 1 unspecified atom stereocenters. The van der Waals surface area contributed by atoms with Gasteiger partial charge in [0.25, 0.3) is 5.91 Å². The van der Waals surface area contributed by atoms with Gasteiger partial charge >= 0.3 is 0 Å². The van der Waals surface area contributed by atoms with Gasteiger partial charge in [-0.3, -0.25) is 4.79 Å². The maximum absolute atomic E-state index is 12.6. The van der Waals surface area contributed by atoms with Crippen molar-refractivity contribution in [2.75, 3.05) is 49.2 Å². The molecule has 1 aromatic rings. The largest absolute Gasteiger partial charge is 0.365 e. The molecule has 0 aromatic carbocycles. The van der Waals surface area contributed by atoms with Crippen LogP contribution in [0.3, 0.4) is 0 Å². The third kappa shape index (κ3) is 3.52. The lowest BCUT2D eigenvalue weighted by molar-refractivity contribution is -0.144. The van der Waals surface area contributed by atoms with E-state index in [9.17, 15) is 4.79 Å². The Labute approximate surface area is 135 Å². The summed E-state index contributed by atoms with van der Waals surface area (Å²) in [6.07, 6.45) is -0.382. The second-order valence-electron chi connectivity index (χ2n) is 5.66. The van der Waals surface area contributed by atoms with E-state index in [1.807, 2.05) is 36.6 Å². The molecule has 6 nitrogen and oxygen atoms in total. The van der Waals surface area contributed by atoms with Crippen LogP contribution in [0, 0.1) is 13.8 Å². The van der Waals surface area contributed by atoms with Crippen LogP contribution in [-0.2, 0) is 9.53 Å². The van der Waals surface area contributed by atoms with E-state index in [-0.39, 0.29) is 12.0 Å². The number of aromatic nitrogens is 2. The summed E-state index contributed by atoms with van der Waals surface area (Å²) in [5, 5.41) is 0. The summed E-state index contributed by atoms with van der Waals surface area (Å²) < 4.78 is 5.72. The van der Waals surface area contributed by atoms with Gasteiger partial charge in [0, 0.05) is 42.9 Å². The molecule has 0 bridgehead atoms. The van der Waals surface area contributed by atoms with E-state index in [2.05, 4.69) is 14.9 Å². The van der Waals surface area contributed by atoms with Crippen molar-refractivity contribution in [2.24, 2.45) is 0 Å². The van der Waals surface area contributed by atoms with Gasteiger partial charge in [0.2, 0.25) is 0 Å². The Morgan fingerprint density at radius 2 is 2.05 bits per heavy atom. The standard InChI is InChI=1S/C15H22N4O2S/c1-11-9-14(17-12(2)16-11)19-3-6-21-13(10-19)15(20)18-4-7-22-8-5-18/h9,13H,3-8,10H2,1-2H3. The first-order chi connectivity index (χ1) is 10.6. The van der Waals surface area contributed by atoms with Crippen molar-refractivity contribution in [1.29, 1.82) is 0 Å². The molecule has 22 heavy (non-hydrogen) atoms. The number of ether oxygens (including phenoxy) is 1. The lowest BCUT2D eigenvalue weighted by Crippen LogP contribution is -2.52. The molecule has 2 aliphatic rings. The van der Waals surface area contributed by atoms with E-state index < -0.39 is 0 Å². The number of anilines is 1. The quantitative estimate of drug-likeness (QED) is 0.805. The van der Waals surface area contributed by atoms with Crippen LogP contribution in [0.25, 0.3) is 0 Å². The number of thioether (sulfide) groups is 1. The number of hydrogen-bond acceptors (Lipinski definition) is 6. The minimum Gasteiger partial charge on any atom is -0.365 e. The second-order valence-corrected chi connectivity index (χ2v) is 6.88. The third-order valence-electron chi connectivity index (χ3n) is 3.94. The molecule has 7 heteroatoms. The van der Waals surface area contributed by atoms with Crippen LogP contribution in [0.4, 0.5) is 5.82 Å². The molecule has 0 saturated carbocycles. The zero-order valence-corrected chi connectivity index (χ0v) is 13.9. The topological polar surface area (TPSA) is 58.6 Å². The van der Waals surface area contributed by atoms with Crippen molar-refractivity contribution in [3.8, 4) is 0 Å². The van der Waals surface area contributed by atoms with Crippen molar-refractivity contribution in [2.45, 2.75) is 20.0 Å². The number of morpholine rings is 1. The lowest BCUT2D eigenvalue weighted by atomic mass is 10.2. The minimum atomic E-state index is -0.382. The third-order valence-corrected chi connectivity index (χ3v) is 4.88. The summed E-state index contributed by atoms with van der Waals surface area (Å²) in [5.74, 6) is 3.81. The fourth-order valence-corrected chi connectivity index (χ4v) is 3.76. The molecule has 2 aliphatic heterocycles. The van der Waals surface area contributed by atoms with Crippen molar-refractivity contribution < 1.29 is 9.53 Å². The molecular formula is C15H22N4O2S. The Hall–Kier alpha value is -1.34. The Bertz CT molecular complexity index is 528. The lowest BCUT2D eigenvalue weighted by Gasteiger charge is -2.36. The number of carbonyl (C=O) groups is 1. The van der Waals surface area contributed by atoms with Gasteiger partial charge in [-0.2, -0.15) is 11.8 Å². The van der Waals surface area contributed by atoms with Gasteiger partial charge in [-0.05, 0) is 13.8 Å². The second kappa shape index (κ2) is 6.83. The molecule has 2 saturated heterocycles. The smallest absolute Gasteiger partial charge is 0.253 e. The SMILES string of the molecule is Cc1cc(N2CCOC(C(=O)N3CCSCC3)C2)nc(C)n1. The molecule has 0 radical (unpaired) electrons. The monoisotopic (exact) mass is 322 g/mol. The molecule has 3 rings (SSSR count). The molecule has 120 valence electrons. The van der Waals surface area contributed by atoms with E-state index in [0.717, 1.165) is 48.5 Å². The summed E-state index contributed by atoms with van der Waals surface area (Å²) in [6.45, 7) is 7.40.